The van der Waals surface area contributed by atoms with E-state index in [0.717, 1.165) is 16.8 Å². The van der Waals surface area contributed by atoms with Crippen LogP contribution in [0.15, 0.2) is 85.3 Å². The van der Waals surface area contributed by atoms with E-state index in [1.165, 1.54) is 0 Å². The highest BCUT2D eigenvalue weighted by Gasteiger charge is 2.10. The van der Waals surface area contributed by atoms with Crippen LogP contribution in [0.2, 0.25) is 5.02 Å². The highest BCUT2D eigenvalue weighted by Crippen LogP contribution is 2.29. The van der Waals surface area contributed by atoms with E-state index in [4.69, 9.17) is 11.6 Å². The quantitative estimate of drug-likeness (QED) is 0.529. The zero-order chi connectivity index (χ0) is 19.3. The van der Waals surface area contributed by atoms with Crippen molar-refractivity contribution in [2.75, 3.05) is 5.32 Å². The van der Waals surface area contributed by atoms with Gasteiger partial charge in [-0.2, -0.15) is 5.10 Å². The predicted octanol–water partition coefficient (Wildman–Crippen LogP) is 4.90. The summed E-state index contributed by atoms with van der Waals surface area (Å²) in [4.78, 5) is 16.9. The monoisotopic (exact) mass is 388 g/mol. The zero-order valence-electron chi connectivity index (χ0n) is 14.9. The second-order valence-corrected chi connectivity index (χ2v) is 6.67. The second-order valence-electron chi connectivity index (χ2n) is 6.26. The molecule has 1 N–H and O–H groups in total. The Bertz CT molecular complexity index is 1080. The molecular formula is C22H17ClN4O. The Morgan fingerprint density at radius 3 is 2.57 bits per heavy atom. The van der Waals surface area contributed by atoms with Crippen molar-refractivity contribution in [3.8, 4) is 11.3 Å². The molecule has 5 nitrogen and oxygen atoms in total. The number of anilines is 1. The number of nitrogens with one attached hydrogen (secondary N) is 1. The number of halogens is 1. The average Bonchev–Trinajstić information content (AvgIpc) is 3.23. The van der Waals surface area contributed by atoms with Gasteiger partial charge in [-0.15, -0.1) is 0 Å². The summed E-state index contributed by atoms with van der Waals surface area (Å²) < 4.78 is 1.84. The van der Waals surface area contributed by atoms with Gasteiger partial charge in [0.25, 0.3) is 5.91 Å². The highest BCUT2D eigenvalue weighted by molar-refractivity contribution is 6.33. The van der Waals surface area contributed by atoms with Gasteiger partial charge in [0.15, 0.2) is 0 Å². The van der Waals surface area contributed by atoms with Crippen LogP contribution in [0, 0.1) is 0 Å². The summed E-state index contributed by atoms with van der Waals surface area (Å²) in [6.07, 6.45) is 5.36. The Hall–Kier alpha value is -3.44. The van der Waals surface area contributed by atoms with Crippen LogP contribution in [0.3, 0.4) is 0 Å². The van der Waals surface area contributed by atoms with E-state index < -0.39 is 0 Å². The maximum absolute atomic E-state index is 12.6. The maximum atomic E-state index is 12.6. The number of carbonyl (C=O) groups is 1. The molecule has 6 heteroatoms. The molecule has 138 valence electrons. The van der Waals surface area contributed by atoms with Gasteiger partial charge in [-0.1, -0.05) is 29.8 Å². The van der Waals surface area contributed by atoms with Crippen LogP contribution in [-0.2, 0) is 6.54 Å². The molecule has 28 heavy (non-hydrogen) atoms. The number of aromatic nitrogens is 3. The van der Waals surface area contributed by atoms with Gasteiger partial charge in [0.1, 0.15) is 0 Å². The maximum Gasteiger partial charge on any atom is 0.255 e. The molecule has 0 bridgehead atoms. The molecule has 0 aliphatic heterocycles. The summed E-state index contributed by atoms with van der Waals surface area (Å²) in [5.74, 6) is -0.181. The minimum Gasteiger partial charge on any atom is -0.322 e. The van der Waals surface area contributed by atoms with E-state index in [2.05, 4.69) is 15.4 Å². The lowest BCUT2D eigenvalue weighted by Crippen LogP contribution is -2.12. The van der Waals surface area contributed by atoms with Crippen LogP contribution >= 0.6 is 11.6 Å². The molecule has 0 saturated carbocycles. The second kappa shape index (κ2) is 8.06. The lowest BCUT2D eigenvalue weighted by Gasteiger charge is -2.10. The number of carbonyl (C=O) groups excluding carboxylic acids is 1. The first-order valence-electron chi connectivity index (χ1n) is 8.78. The van der Waals surface area contributed by atoms with Crippen molar-refractivity contribution in [1.82, 2.24) is 14.8 Å². The van der Waals surface area contributed by atoms with E-state index in [9.17, 15) is 4.79 Å². The zero-order valence-corrected chi connectivity index (χ0v) is 15.7. The Balaban J connectivity index is 1.49. The molecule has 0 unspecified atom stereocenters. The lowest BCUT2D eigenvalue weighted by atomic mass is 10.1. The molecule has 2 heterocycles. The first-order chi connectivity index (χ1) is 13.7. The number of hydrogen-bond donors (Lipinski definition) is 1. The van der Waals surface area contributed by atoms with Crippen molar-refractivity contribution in [3.05, 3.63) is 101 Å². The Kier molecular flexibility index (Phi) is 5.17. The third-order valence-electron chi connectivity index (χ3n) is 4.28. The van der Waals surface area contributed by atoms with Gasteiger partial charge in [0.2, 0.25) is 0 Å². The number of pyridine rings is 1. The van der Waals surface area contributed by atoms with Crippen molar-refractivity contribution in [2.24, 2.45) is 0 Å². The van der Waals surface area contributed by atoms with Crippen molar-refractivity contribution in [1.29, 1.82) is 0 Å². The number of nitrogens with zero attached hydrogens (tertiary/aromatic N) is 3. The molecule has 0 spiro atoms. The lowest BCUT2D eigenvalue weighted by molar-refractivity contribution is 0.102. The summed E-state index contributed by atoms with van der Waals surface area (Å²) >= 11 is 6.30. The van der Waals surface area contributed by atoms with E-state index in [1.54, 1.807) is 24.5 Å². The minimum absolute atomic E-state index is 0.181. The fourth-order valence-electron chi connectivity index (χ4n) is 2.87. The molecule has 0 radical (unpaired) electrons. The Labute approximate surface area is 167 Å². The van der Waals surface area contributed by atoms with Crippen molar-refractivity contribution < 1.29 is 4.79 Å². The van der Waals surface area contributed by atoms with Crippen LogP contribution in [0.1, 0.15) is 15.9 Å². The van der Waals surface area contributed by atoms with Crippen molar-refractivity contribution in [3.63, 3.8) is 0 Å². The number of rotatable bonds is 5. The summed E-state index contributed by atoms with van der Waals surface area (Å²) in [6, 6.07) is 20.3. The number of amides is 1. The largest absolute Gasteiger partial charge is 0.322 e. The van der Waals surface area contributed by atoms with Crippen LogP contribution in [0.25, 0.3) is 11.3 Å². The van der Waals surface area contributed by atoms with E-state index in [1.807, 2.05) is 65.5 Å². The van der Waals surface area contributed by atoms with Gasteiger partial charge in [0, 0.05) is 35.4 Å². The molecular weight excluding hydrogens is 372 g/mol. The van der Waals surface area contributed by atoms with E-state index >= 15 is 0 Å². The van der Waals surface area contributed by atoms with Crippen LogP contribution < -0.4 is 5.32 Å². The first-order valence-corrected chi connectivity index (χ1v) is 9.15. The predicted molar refractivity (Wildman–Crippen MR) is 110 cm³/mol. The molecule has 0 aliphatic rings. The highest BCUT2D eigenvalue weighted by atomic mass is 35.5. The Morgan fingerprint density at radius 2 is 1.86 bits per heavy atom. The summed E-state index contributed by atoms with van der Waals surface area (Å²) in [6.45, 7) is 0.666. The molecule has 0 saturated heterocycles. The van der Waals surface area contributed by atoms with Gasteiger partial charge in [-0.3, -0.25) is 14.5 Å². The molecule has 1 amide bonds. The average molecular weight is 389 g/mol. The topological polar surface area (TPSA) is 59.8 Å². The van der Waals surface area contributed by atoms with Crippen LogP contribution in [-0.4, -0.2) is 20.7 Å². The first kappa shape index (κ1) is 17.9. The molecule has 2 aromatic carbocycles. The van der Waals surface area contributed by atoms with Gasteiger partial charge in [-0.05, 0) is 54.1 Å². The third-order valence-corrected chi connectivity index (χ3v) is 4.61. The minimum atomic E-state index is -0.181. The molecule has 2 aromatic heterocycles. The van der Waals surface area contributed by atoms with Crippen LogP contribution in [0.5, 0.6) is 0 Å². The normalized spacial score (nSPS) is 10.6. The standard InChI is InChI=1S/C22H17ClN4O/c23-20-10-9-18(14-19(20)21-4-1-2-11-24-21)26-22(28)17-7-5-16(6-8-17)15-27-13-3-12-25-27/h1-14H,15H2,(H,26,28). The van der Waals surface area contributed by atoms with Crippen LogP contribution in [0.4, 0.5) is 5.69 Å². The summed E-state index contributed by atoms with van der Waals surface area (Å²) in [5.41, 5.74) is 3.85. The molecule has 0 aliphatic carbocycles. The fourth-order valence-corrected chi connectivity index (χ4v) is 3.08. The van der Waals surface area contributed by atoms with E-state index in [0.29, 0.717) is 22.8 Å². The summed E-state index contributed by atoms with van der Waals surface area (Å²) in [5, 5.41) is 7.69. The molecule has 4 aromatic rings. The van der Waals surface area contributed by atoms with Gasteiger partial charge < -0.3 is 5.32 Å². The number of benzene rings is 2. The van der Waals surface area contributed by atoms with Crippen molar-refractivity contribution in [2.45, 2.75) is 6.54 Å². The molecule has 4 rings (SSSR count). The van der Waals surface area contributed by atoms with Gasteiger partial charge in [-0.25, -0.2) is 0 Å². The SMILES string of the molecule is O=C(Nc1ccc(Cl)c(-c2ccccn2)c1)c1ccc(Cn2cccn2)cc1. The molecule has 0 fully saturated rings. The molecule has 0 atom stereocenters. The smallest absolute Gasteiger partial charge is 0.255 e. The third kappa shape index (κ3) is 4.10. The van der Waals surface area contributed by atoms with E-state index in [-0.39, 0.29) is 5.91 Å². The van der Waals surface area contributed by atoms with Crippen molar-refractivity contribution >= 4 is 23.2 Å². The fraction of sp³-hybridized carbons (Fsp3) is 0.0455. The van der Waals surface area contributed by atoms with Gasteiger partial charge >= 0.3 is 0 Å². The summed E-state index contributed by atoms with van der Waals surface area (Å²) in [7, 11) is 0. The van der Waals surface area contributed by atoms with Gasteiger partial charge in [0.05, 0.1) is 17.3 Å². The number of hydrogen-bond acceptors (Lipinski definition) is 3. The Morgan fingerprint density at radius 1 is 1.00 bits per heavy atom.